The minimum absolute atomic E-state index is 0.0311. The molecule has 1 atom stereocenters. The first-order valence-electron chi connectivity index (χ1n) is 6.90. The Hall–Kier alpha value is -1.71. The van der Waals surface area contributed by atoms with E-state index < -0.39 is 0 Å². The van der Waals surface area contributed by atoms with Gasteiger partial charge in [-0.05, 0) is 34.6 Å². The zero-order valence-electron chi connectivity index (χ0n) is 12.6. The molecule has 2 rings (SSSR count). The standard InChI is InChI=1S/C17H23N3/c1-12-9-14(11-19-10-12)16(20-18)13-5-7-15(8-6-13)17(2,3)4/h5-11,16,20H,18H2,1-4H3. The number of pyridine rings is 1. The van der Waals surface area contributed by atoms with E-state index in [1.54, 1.807) is 0 Å². The second kappa shape index (κ2) is 5.73. The normalized spacial score (nSPS) is 13.2. The summed E-state index contributed by atoms with van der Waals surface area (Å²) in [5, 5.41) is 0. The van der Waals surface area contributed by atoms with Gasteiger partial charge in [-0.1, -0.05) is 51.1 Å². The molecule has 0 bridgehead atoms. The molecule has 0 radical (unpaired) electrons. The van der Waals surface area contributed by atoms with Gasteiger partial charge in [-0.25, -0.2) is 5.43 Å². The van der Waals surface area contributed by atoms with Crippen LogP contribution in [-0.4, -0.2) is 4.98 Å². The molecule has 0 saturated carbocycles. The highest BCUT2D eigenvalue weighted by molar-refractivity contribution is 5.35. The van der Waals surface area contributed by atoms with Crippen LogP contribution < -0.4 is 11.3 Å². The molecule has 0 aliphatic rings. The minimum atomic E-state index is -0.0311. The van der Waals surface area contributed by atoms with Gasteiger partial charge in [0.2, 0.25) is 0 Å². The van der Waals surface area contributed by atoms with E-state index in [1.807, 2.05) is 19.3 Å². The maximum absolute atomic E-state index is 5.73. The number of nitrogens with one attached hydrogen (secondary N) is 1. The number of rotatable bonds is 3. The molecule has 1 aromatic carbocycles. The van der Waals surface area contributed by atoms with Crippen molar-refractivity contribution in [1.29, 1.82) is 0 Å². The third-order valence-corrected chi connectivity index (χ3v) is 3.51. The highest BCUT2D eigenvalue weighted by Crippen LogP contribution is 2.26. The fourth-order valence-corrected chi connectivity index (χ4v) is 2.30. The van der Waals surface area contributed by atoms with Crippen molar-refractivity contribution in [2.45, 2.75) is 39.2 Å². The van der Waals surface area contributed by atoms with E-state index in [0.29, 0.717) is 0 Å². The number of aromatic nitrogens is 1. The summed E-state index contributed by atoms with van der Waals surface area (Å²) in [7, 11) is 0. The van der Waals surface area contributed by atoms with E-state index in [9.17, 15) is 0 Å². The van der Waals surface area contributed by atoms with Crippen LogP contribution in [0.15, 0.2) is 42.7 Å². The zero-order chi connectivity index (χ0) is 14.8. The highest BCUT2D eigenvalue weighted by Gasteiger charge is 2.16. The van der Waals surface area contributed by atoms with Crippen molar-refractivity contribution in [3.05, 3.63) is 65.0 Å². The number of nitrogens with zero attached hydrogens (tertiary/aromatic N) is 1. The third-order valence-electron chi connectivity index (χ3n) is 3.51. The van der Waals surface area contributed by atoms with Crippen LogP contribution in [0.4, 0.5) is 0 Å². The molecule has 0 aliphatic heterocycles. The maximum atomic E-state index is 5.73. The molecule has 106 valence electrons. The Morgan fingerprint density at radius 3 is 2.20 bits per heavy atom. The predicted molar refractivity (Wildman–Crippen MR) is 83.3 cm³/mol. The summed E-state index contributed by atoms with van der Waals surface area (Å²) in [5.74, 6) is 5.73. The van der Waals surface area contributed by atoms with Gasteiger partial charge in [0.1, 0.15) is 0 Å². The summed E-state index contributed by atoms with van der Waals surface area (Å²) in [6.07, 6.45) is 3.70. The Bertz CT molecular complexity index is 568. The van der Waals surface area contributed by atoms with Crippen LogP contribution in [0.3, 0.4) is 0 Å². The molecule has 20 heavy (non-hydrogen) atoms. The Labute approximate surface area is 121 Å². The van der Waals surface area contributed by atoms with Gasteiger partial charge in [-0.3, -0.25) is 10.8 Å². The molecule has 3 N–H and O–H groups in total. The lowest BCUT2D eigenvalue weighted by Crippen LogP contribution is -2.29. The first-order chi connectivity index (χ1) is 9.41. The van der Waals surface area contributed by atoms with E-state index in [-0.39, 0.29) is 11.5 Å². The first-order valence-corrected chi connectivity index (χ1v) is 6.90. The van der Waals surface area contributed by atoms with E-state index in [0.717, 1.165) is 16.7 Å². The van der Waals surface area contributed by atoms with Gasteiger partial charge in [0.25, 0.3) is 0 Å². The summed E-state index contributed by atoms with van der Waals surface area (Å²) in [6, 6.07) is 10.7. The van der Waals surface area contributed by atoms with Crippen LogP contribution in [0.25, 0.3) is 0 Å². The van der Waals surface area contributed by atoms with Crippen LogP contribution in [0, 0.1) is 6.92 Å². The largest absolute Gasteiger partial charge is 0.271 e. The summed E-state index contributed by atoms with van der Waals surface area (Å²) in [6.45, 7) is 8.67. The average molecular weight is 269 g/mol. The molecule has 1 heterocycles. The van der Waals surface area contributed by atoms with Crippen LogP contribution >= 0.6 is 0 Å². The minimum Gasteiger partial charge on any atom is -0.271 e. The van der Waals surface area contributed by atoms with E-state index in [2.05, 4.69) is 61.5 Å². The molecule has 1 unspecified atom stereocenters. The van der Waals surface area contributed by atoms with Crippen molar-refractivity contribution >= 4 is 0 Å². The Balaban J connectivity index is 2.33. The molecule has 0 amide bonds. The number of hydrogen-bond donors (Lipinski definition) is 2. The van der Waals surface area contributed by atoms with Crippen molar-refractivity contribution < 1.29 is 0 Å². The summed E-state index contributed by atoms with van der Waals surface area (Å²) < 4.78 is 0. The molecule has 0 saturated heterocycles. The van der Waals surface area contributed by atoms with Gasteiger partial charge in [-0.2, -0.15) is 0 Å². The summed E-state index contributed by atoms with van der Waals surface area (Å²) in [4.78, 5) is 4.24. The highest BCUT2D eigenvalue weighted by atomic mass is 15.2. The molecule has 0 fully saturated rings. The lowest BCUT2D eigenvalue weighted by molar-refractivity contribution is 0.588. The van der Waals surface area contributed by atoms with Crippen molar-refractivity contribution in [2.75, 3.05) is 0 Å². The van der Waals surface area contributed by atoms with E-state index >= 15 is 0 Å². The molecule has 3 nitrogen and oxygen atoms in total. The number of benzene rings is 1. The smallest absolute Gasteiger partial charge is 0.0725 e. The van der Waals surface area contributed by atoms with Gasteiger partial charge in [0.05, 0.1) is 6.04 Å². The van der Waals surface area contributed by atoms with Gasteiger partial charge in [0.15, 0.2) is 0 Å². The lowest BCUT2D eigenvalue weighted by atomic mass is 9.86. The second-order valence-corrected chi connectivity index (χ2v) is 6.27. The van der Waals surface area contributed by atoms with Gasteiger partial charge < -0.3 is 0 Å². The average Bonchev–Trinajstić information content (AvgIpc) is 2.39. The quantitative estimate of drug-likeness (QED) is 0.664. The number of aryl methyl sites for hydroxylation is 1. The van der Waals surface area contributed by atoms with E-state index in [4.69, 9.17) is 5.84 Å². The first kappa shape index (κ1) is 14.7. The Kier molecular flexibility index (Phi) is 4.21. The Morgan fingerprint density at radius 1 is 1.05 bits per heavy atom. The number of hydrogen-bond acceptors (Lipinski definition) is 3. The maximum Gasteiger partial charge on any atom is 0.0725 e. The van der Waals surface area contributed by atoms with Crippen LogP contribution in [0.1, 0.15) is 49.1 Å². The van der Waals surface area contributed by atoms with Crippen LogP contribution in [0.2, 0.25) is 0 Å². The summed E-state index contributed by atoms with van der Waals surface area (Å²) in [5.41, 5.74) is 7.72. The fraction of sp³-hybridized carbons (Fsp3) is 0.353. The molecule has 1 aromatic heterocycles. The van der Waals surface area contributed by atoms with Gasteiger partial charge >= 0.3 is 0 Å². The third kappa shape index (κ3) is 3.24. The van der Waals surface area contributed by atoms with Crippen molar-refractivity contribution in [1.82, 2.24) is 10.4 Å². The predicted octanol–water partition coefficient (Wildman–Crippen LogP) is 3.24. The monoisotopic (exact) mass is 269 g/mol. The topological polar surface area (TPSA) is 50.9 Å². The molecule has 3 heteroatoms. The van der Waals surface area contributed by atoms with E-state index in [1.165, 1.54) is 5.56 Å². The number of hydrazine groups is 1. The zero-order valence-corrected chi connectivity index (χ0v) is 12.6. The SMILES string of the molecule is Cc1cncc(C(NN)c2ccc(C(C)(C)C)cc2)c1. The van der Waals surface area contributed by atoms with Gasteiger partial charge in [0, 0.05) is 12.4 Å². The van der Waals surface area contributed by atoms with Gasteiger partial charge in [-0.15, -0.1) is 0 Å². The van der Waals surface area contributed by atoms with Crippen molar-refractivity contribution in [2.24, 2.45) is 5.84 Å². The van der Waals surface area contributed by atoms with Crippen LogP contribution in [-0.2, 0) is 5.41 Å². The van der Waals surface area contributed by atoms with Crippen molar-refractivity contribution in [3.63, 3.8) is 0 Å². The molecule has 2 aromatic rings. The Morgan fingerprint density at radius 2 is 1.70 bits per heavy atom. The lowest BCUT2D eigenvalue weighted by Gasteiger charge is -2.21. The number of nitrogens with two attached hydrogens (primary N) is 1. The fourth-order valence-electron chi connectivity index (χ4n) is 2.30. The van der Waals surface area contributed by atoms with Crippen LogP contribution in [0.5, 0.6) is 0 Å². The molecule has 0 spiro atoms. The second-order valence-electron chi connectivity index (χ2n) is 6.27. The summed E-state index contributed by atoms with van der Waals surface area (Å²) >= 11 is 0. The molecule has 0 aliphatic carbocycles. The van der Waals surface area contributed by atoms with Crippen molar-refractivity contribution in [3.8, 4) is 0 Å². The molecular formula is C17H23N3. The molecular weight excluding hydrogens is 246 g/mol.